The van der Waals surface area contributed by atoms with Gasteiger partial charge in [0.05, 0.1) is 12.1 Å². The van der Waals surface area contributed by atoms with Crippen molar-refractivity contribution < 1.29 is 14.6 Å². The molecule has 4 heteroatoms. The number of aliphatic imine (C=N–C) groups is 1. The van der Waals surface area contributed by atoms with E-state index >= 15 is 0 Å². The number of hydrogen-bond donors (Lipinski definition) is 1. The molecule has 0 aliphatic carbocycles. The van der Waals surface area contributed by atoms with Gasteiger partial charge < -0.3 is 9.84 Å². The van der Waals surface area contributed by atoms with Crippen LogP contribution in [0.25, 0.3) is 0 Å². The van der Waals surface area contributed by atoms with E-state index in [9.17, 15) is 4.79 Å². The van der Waals surface area contributed by atoms with E-state index in [1.165, 1.54) is 0 Å². The number of aromatic carboxylic acids is 1. The number of hydrogen-bond acceptors (Lipinski definition) is 3. The van der Waals surface area contributed by atoms with E-state index < -0.39 is 5.97 Å². The van der Waals surface area contributed by atoms with Crippen molar-refractivity contribution in [2.24, 2.45) is 4.99 Å². The van der Waals surface area contributed by atoms with Crippen molar-refractivity contribution in [1.29, 1.82) is 0 Å². The molecular weight excluding hydrogens is 194 g/mol. The number of ether oxygens (including phenoxy) is 1. The van der Waals surface area contributed by atoms with Crippen LogP contribution in [0, 0.1) is 0 Å². The molecule has 78 valence electrons. The van der Waals surface area contributed by atoms with Crippen molar-refractivity contribution >= 4 is 11.9 Å². The second kappa shape index (κ2) is 3.73. The lowest BCUT2D eigenvalue weighted by atomic mass is 10.1. The smallest absolute Gasteiger partial charge is 0.335 e. The van der Waals surface area contributed by atoms with Crippen LogP contribution >= 0.6 is 0 Å². The molecule has 1 aliphatic rings. The average molecular weight is 205 g/mol. The summed E-state index contributed by atoms with van der Waals surface area (Å²) in [6.45, 7) is 2.56. The second-order valence-electron chi connectivity index (χ2n) is 3.46. The van der Waals surface area contributed by atoms with Crippen LogP contribution in [0.1, 0.15) is 22.8 Å². The number of nitrogens with zero attached hydrogens (tertiary/aromatic N) is 1. The fourth-order valence-corrected chi connectivity index (χ4v) is 1.42. The quantitative estimate of drug-likeness (QED) is 0.796. The van der Waals surface area contributed by atoms with Crippen LogP contribution < -0.4 is 0 Å². The van der Waals surface area contributed by atoms with Crippen LogP contribution in [0.2, 0.25) is 0 Å². The van der Waals surface area contributed by atoms with E-state index in [0.29, 0.717) is 12.4 Å². The Morgan fingerprint density at radius 2 is 2.40 bits per heavy atom. The van der Waals surface area contributed by atoms with E-state index in [4.69, 9.17) is 9.84 Å². The van der Waals surface area contributed by atoms with Crippen molar-refractivity contribution in [1.82, 2.24) is 0 Å². The summed E-state index contributed by atoms with van der Waals surface area (Å²) in [5.74, 6) is -0.408. The monoisotopic (exact) mass is 205 g/mol. The molecule has 0 fully saturated rings. The molecule has 0 amide bonds. The highest BCUT2D eigenvalue weighted by Gasteiger charge is 2.17. The molecule has 1 aromatic carbocycles. The summed E-state index contributed by atoms with van der Waals surface area (Å²) in [5.41, 5.74) is 0.970. The maximum absolute atomic E-state index is 10.8. The van der Waals surface area contributed by atoms with E-state index in [0.717, 1.165) is 5.56 Å². The molecule has 4 nitrogen and oxygen atoms in total. The van der Waals surface area contributed by atoms with Crippen LogP contribution in [0.3, 0.4) is 0 Å². The molecular formula is C11H11NO3. The highest BCUT2D eigenvalue weighted by molar-refractivity contribution is 5.98. The Kier molecular flexibility index (Phi) is 2.41. The molecule has 2 rings (SSSR count). The molecule has 0 saturated heterocycles. The van der Waals surface area contributed by atoms with Crippen molar-refractivity contribution in [2.45, 2.75) is 13.0 Å². The van der Waals surface area contributed by atoms with Crippen molar-refractivity contribution in [2.75, 3.05) is 6.54 Å². The van der Waals surface area contributed by atoms with Gasteiger partial charge in [-0.05, 0) is 25.1 Å². The highest BCUT2D eigenvalue weighted by atomic mass is 16.5. The van der Waals surface area contributed by atoms with E-state index in [1.807, 2.05) is 6.92 Å². The molecule has 0 bridgehead atoms. The molecule has 1 aromatic rings. The number of carbonyl (C=O) groups is 1. The molecule has 1 atom stereocenters. The Labute approximate surface area is 87.2 Å². The van der Waals surface area contributed by atoms with Crippen LogP contribution in [0.4, 0.5) is 0 Å². The van der Waals surface area contributed by atoms with Gasteiger partial charge in [-0.1, -0.05) is 6.07 Å². The van der Waals surface area contributed by atoms with Gasteiger partial charge in [-0.3, -0.25) is 0 Å². The van der Waals surface area contributed by atoms with Gasteiger partial charge in [0.1, 0.15) is 6.10 Å². The first-order chi connectivity index (χ1) is 7.16. The minimum Gasteiger partial charge on any atom is -0.478 e. The van der Waals surface area contributed by atoms with Gasteiger partial charge in [0.2, 0.25) is 5.90 Å². The van der Waals surface area contributed by atoms with Crippen molar-refractivity contribution in [3.8, 4) is 0 Å². The van der Waals surface area contributed by atoms with Gasteiger partial charge >= 0.3 is 5.97 Å². The Balaban J connectivity index is 2.29. The minimum atomic E-state index is -0.941. The first kappa shape index (κ1) is 9.71. The maximum atomic E-state index is 10.8. The first-order valence-corrected chi connectivity index (χ1v) is 4.71. The topological polar surface area (TPSA) is 58.9 Å². The fraction of sp³-hybridized carbons (Fsp3) is 0.273. The predicted octanol–water partition coefficient (Wildman–Crippen LogP) is 1.55. The van der Waals surface area contributed by atoms with Gasteiger partial charge in [0.15, 0.2) is 0 Å². The van der Waals surface area contributed by atoms with Gasteiger partial charge in [-0.25, -0.2) is 9.79 Å². The number of carboxylic acids is 1. The third-order valence-corrected chi connectivity index (χ3v) is 2.16. The number of benzene rings is 1. The number of carboxylic acid groups (broad SMARTS) is 1. The molecule has 0 saturated carbocycles. The van der Waals surface area contributed by atoms with Crippen LogP contribution in [-0.2, 0) is 4.74 Å². The summed E-state index contributed by atoms with van der Waals surface area (Å²) in [6, 6.07) is 6.60. The Hall–Kier alpha value is -1.84. The Morgan fingerprint density at radius 1 is 1.60 bits per heavy atom. The predicted molar refractivity (Wildman–Crippen MR) is 55.4 cm³/mol. The average Bonchev–Trinajstić information content (AvgIpc) is 2.65. The highest BCUT2D eigenvalue weighted by Crippen LogP contribution is 2.13. The molecule has 1 unspecified atom stereocenters. The fourth-order valence-electron chi connectivity index (χ4n) is 1.42. The summed E-state index contributed by atoms with van der Waals surface area (Å²) in [4.78, 5) is 14.9. The molecule has 1 aliphatic heterocycles. The van der Waals surface area contributed by atoms with Crippen molar-refractivity contribution in [3.63, 3.8) is 0 Å². The summed E-state index contributed by atoms with van der Waals surface area (Å²) in [6.07, 6.45) is 0.0773. The van der Waals surface area contributed by atoms with E-state index in [2.05, 4.69) is 4.99 Å². The molecule has 0 spiro atoms. The van der Waals surface area contributed by atoms with Gasteiger partial charge in [0.25, 0.3) is 0 Å². The van der Waals surface area contributed by atoms with Crippen LogP contribution in [-0.4, -0.2) is 29.6 Å². The molecule has 0 aromatic heterocycles. The third kappa shape index (κ3) is 1.98. The molecule has 1 heterocycles. The second-order valence-corrected chi connectivity index (χ2v) is 3.46. The zero-order valence-corrected chi connectivity index (χ0v) is 8.30. The SMILES string of the molecule is CC1CN=C(c2cccc(C(=O)O)c2)O1. The lowest BCUT2D eigenvalue weighted by molar-refractivity contribution is 0.0697. The minimum absolute atomic E-state index is 0.0773. The number of rotatable bonds is 2. The Bertz CT molecular complexity index is 426. The zero-order valence-electron chi connectivity index (χ0n) is 8.30. The van der Waals surface area contributed by atoms with Crippen LogP contribution in [0.15, 0.2) is 29.3 Å². The standard InChI is InChI=1S/C11H11NO3/c1-7-6-12-10(15-7)8-3-2-4-9(5-8)11(13)14/h2-5,7H,6H2,1H3,(H,13,14). The molecule has 0 radical (unpaired) electrons. The lowest BCUT2D eigenvalue weighted by Crippen LogP contribution is -2.09. The zero-order chi connectivity index (χ0) is 10.8. The Morgan fingerprint density at radius 3 is 3.00 bits per heavy atom. The largest absolute Gasteiger partial charge is 0.478 e. The third-order valence-electron chi connectivity index (χ3n) is 2.16. The van der Waals surface area contributed by atoms with Gasteiger partial charge in [0, 0.05) is 5.56 Å². The van der Waals surface area contributed by atoms with E-state index in [1.54, 1.807) is 24.3 Å². The van der Waals surface area contributed by atoms with Crippen LogP contribution in [0.5, 0.6) is 0 Å². The maximum Gasteiger partial charge on any atom is 0.335 e. The normalized spacial score (nSPS) is 19.5. The summed E-state index contributed by atoms with van der Waals surface area (Å²) in [7, 11) is 0. The summed E-state index contributed by atoms with van der Waals surface area (Å²) >= 11 is 0. The summed E-state index contributed by atoms with van der Waals surface area (Å²) in [5, 5.41) is 8.82. The van der Waals surface area contributed by atoms with Gasteiger partial charge in [-0.15, -0.1) is 0 Å². The van der Waals surface area contributed by atoms with Crippen molar-refractivity contribution in [3.05, 3.63) is 35.4 Å². The lowest BCUT2D eigenvalue weighted by Gasteiger charge is -2.05. The summed E-state index contributed by atoms with van der Waals surface area (Å²) < 4.78 is 5.44. The first-order valence-electron chi connectivity index (χ1n) is 4.71. The molecule has 1 N–H and O–H groups in total. The molecule has 15 heavy (non-hydrogen) atoms. The van der Waals surface area contributed by atoms with Gasteiger partial charge in [-0.2, -0.15) is 0 Å². The van der Waals surface area contributed by atoms with E-state index in [-0.39, 0.29) is 11.7 Å².